The maximum atomic E-state index is 16.7. The third kappa shape index (κ3) is 6.38. The Bertz CT molecular complexity index is 2070. The summed E-state index contributed by atoms with van der Waals surface area (Å²) >= 11 is 0. The fourth-order valence-electron chi connectivity index (χ4n) is 6.78. The first-order valence-corrected chi connectivity index (χ1v) is 16.7. The van der Waals surface area contributed by atoms with Crippen LogP contribution in [0.15, 0.2) is 67.0 Å². The molecule has 0 aliphatic carbocycles. The average Bonchev–Trinajstić information content (AvgIpc) is 3.85. The van der Waals surface area contributed by atoms with E-state index in [1.165, 1.54) is 0 Å². The minimum absolute atomic E-state index is 0.0398. The van der Waals surface area contributed by atoms with Gasteiger partial charge in [-0.05, 0) is 54.8 Å². The number of hydrogen-bond donors (Lipinski definition) is 1. The van der Waals surface area contributed by atoms with Gasteiger partial charge in [0.2, 0.25) is 5.91 Å². The van der Waals surface area contributed by atoms with Crippen molar-refractivity contribution >= 4 is 34.1 Å². The number of para-hydroxylation sites is 1. The number of benzene rings is 2. The lowest BCUT2D eigenvalue weighted by Gasteiger charge is -2.35. The second-order valence-electron chi connectivity index (χ2n) is 12.5. The van der Waals surface area contributed by atoms with Crippen molar-refractivity contribution < 1.29 is 23.5 Å². The van der Waals surface area contributed by atoms with Crippen LogP contribution in [0.4, 0.5) is 10.2 Å². The average molecular weight is 679 g/mol. The summed E-state index contributed by atoms with van der Waals surface area (Å²) in [5.74, 6) is 1.35. The van der Waals surface area contributed by atoms with E-state index in [0.29, 0.717) is 79.4 Å². The Morgan fingerprint density at radius 3 is 2.48 bits per heavy atom. The second-order valence-corrected chi connectivity index (χ2v) is 12.5. The zero-order valence-corrected chi connectivity index (χ0v) is 28.4. The Hall–Kier alpha value is -5.72. The summed E-state index contributed by atoms with van der Waals surface area (Å²) < 4.78 is 29.6. The molecule has 5 aromatic rings. The highest BCUT2D eigenvalue weighted by Gasteiger charge is 2.29. The Kier molecular flexibility index (Phi) is 9.20. The molecular weight excluding hydrogens is 639 g/mol. The lowest BCUT2D eigenvalue weighted by atomic mass is 9.93. The molecule has 0 spiro atoms. The summed E-state index contributed by atoms with van der Waals surface area (Å²) in [6.45, 7) is 5.24. The summed E-state index contributed by atoms with van der Waals surface area (Å²) in [7, 11) is 3.22. The number of nitrogens with zero attached hydrogens (tertiary/aromatic N) is 7. The van der Waals surface area contributed by atoms with Crippen molar-refractivity contribution in [3.63, 3.8) is 0 Å². The number of anilines is 1. The smallest absolute Gasteiger partial charge is 0.270 e. The Morgan fingerprint density at radius 2 is 1.72 bits per heavy atom. The maximum Gasteiger partial charge on any atom is 0.270 e. The molecule has 13 heteroatoms. The van der Waals surface area contributed by atoms with Crippen LogP contribution < -0.4 is 14.4 Å². The first kappa shape index (κ1) is 32.8. The molecule has 258 valence electrons. The standard InChI is InChI=1S/C37H39FN8O4/c1-24-10-11-32(50-3)36(40-24)43-17-19-44(20-18-43)37(48)30-22-29-28(26-8-4-5-9-31(26)49-2)21-27(34(38)35(29)41-30)25-7-6-14-45(23-25)33(47)12-15-46-16-13-39-42-46/h4-5,7-11,13,16,21-22,41H,6,12,14-15,17-20,23H2,1-3H3. The van der Waals surface area contributed by atoms with Crippen LogP contribution >= 0.6 is 0 Å². The molecule has 7 rings (SSSR count). The number of hydrogen-bond acceptors (Lipinski definition) is 8. The molecule has 3 aromatic heterocycles. The Morgan fingerprint density at radius 1 is 0.920 bits per heavy atom. The number of rotatable bonds is 9. The molecule has 12 nitrogen and oxygen atoms in total. The fourth-order valence-corrected chi connectivity index (χ4v) is 6.78. The van der Waals surface area contributed by atoms with Crippen LogP contribution in [0.2, 0.25) is 0 Å². The van der Waals surface area contributed by atoms with Crippen molar-refractivity contribution in [2.75, 3.05) is 58.4 Å². The Balaban J connectivity index is 1.19. The number of fused-ring (bicyclic) bond motifs is 1. The predicted molar refractivity (Wildman–Crippen MR) is 188 cm³/mol. The number of nitrogens with one attached hydrogen (secondary N) is 1. The largest absolute Gasteiger partial charge is 0.496 e. The SMILES string of the molecule is COc1ccccc1-c1cc(C2=CCCN(C(=O)CCn3ccnn3)C2)c(F)c2[nH]c(C(=O)N3CCN(c4nc(C)ccc4OC)CC3)cc12. The number of amides is 2. The minimum atomic E-state index is -0.469. The molecule has 2 amide bonds. The van der Waals surface area contributed by atoms with Crippen LogP contribution in [-0.4, -0.2) is 100 Å². The third-order valence-electron chi connectivity index (χ3n) is 9.42. The molecule has 2 aromatic carbocycles. The number of aromatic amines is 1. The number of aryl methyl sites for hydroxylation is 2. The molecule has 0 bridgehead atoms. The van der Waals surface area contributed by atoms with Crippen molar-refractivity contribution in [1.82, 2.24) is 34.8 Å². The monoisotopic (exact) mass is 678 g/mol. The molecule has 5 heterocycles. The van der Waals surface area contributed by atoms with Gasteiger partial charge in [-0.25, -0.2) is 9.37 Å². The minimum Gasteiger partial charge on any atom is -0.496 e. The van der Waals surface area contributed by atoms with Crippen LogP contribution in [0, 0.1) is 12.7 Å². The van der Waals surface area contributed by atoms with Crippen molar-refractivity contribution in [2.45, 2.75) is 26.3 Å². The molecule has 1 N–H and O–H groups in total. The summed E-state index contributed by atoms with van der Waals surface area (Å²) in [6, 6.07) is 14.9. The zero-order valence-electron chi connectivity index (χ0n) is 28.4. The van der Waals surface area contributed by atoms with E-state index in [1.54, 1.807) is 47.2 Å². The van der Waals surface area contributed by atoms with E-state index in [2.05, 4.69) is 25.2 Å². The number of piperazine rings is 1. The molecule has 2 aliphatic rings. The molecule has 50 heavy (non-hydrogen) atoms. The summed E-state index contributed by atoms with van der Waals surface area (Å²) in [6.07, 6.45) is 6.14. The van der Waals surface area contributed by atoms with Gasteiger partial charge in [0.05, 0.1) is 32.5 Å². The van der Waals surface area contributed by atoms with Crippen LogP contribution in [0.5, 0.6) is 11.5 Å². The second kappa shape index (κ2) is 14.0. The number of carbonyl (C=O) groups is 2. The van der Waals surface area contributed by atoms with Gasteiger partial charge < -0.3 is 29.2 Å². The highest BCUT2D eigenvalue weighted by atomic mass is 19.1. The quantitative estimate of drug-likeness (QED) is 0.233. The van der Waals surface area contributed by atoms with Gasteiger partial charge in [-0.1, -0.05) is 29.5 Å². The van der Waals surface area contributed by atoms with E-state index in [0.717, 1.165) is 22.6 Å². The molecule has 0 saturated carbocycles. The van der Waals surface area contributed by atoms with Gasteiger partial charge in [0, 0.05) is 74.1 Å². The van der Waals surface area contributed by atoms with Crippen LogP contribution in [-0.2, 0) is 11.3 Å². The van der Waals surface area contributed by atoms with Crippen LogP contribution in [0.3, 0.4) is 0 Å². The molecular formula is C37H39FN8O4. The van der Waals surface area contributed by atoms with E-state index in [-0.39, 0.29) is 30.3 Å². The van der Waals surface area contributed by atoms with Gasteiger partial charge >= 0.3 is 0 Å². The van der Waals surface area contributed by atoms with Crippen molar-refractivity contribution in [3.05, 3.63) is 89.8 Å². The van der Waals surface area contributed by atoms with Gasteiger partial charge in [-0.15, -0.1) is 5.10 Å². The normalized spacial score (nSPS) is 15.0. The zero-order chi connectivity index (χ0) is 34.8. The van der Waals surface area contributed by atoms with Gasteiger partial charge in [-0.2, -0.15) is 0 Å². The van der Waals surface area contributed by atoms with E-state index < -0.39 is 5.82 Å². The first-order valence-electron chi connectivity index (χ1n) is 16.7. The highest BCUT2D eigenvalue weighted by Crippen LogP contribution is 2.40. The summed E-state index contributed by atoms with van der Waals surface area (Å²) in [5.41, 5.74) is 3.99. The predicted octanol–water partition coefficient (Wildman–Crippen LogP) is 4.95. The third-order valence-corrected chi connectivity index (χ3v) is 9.42. The van der Waals surface area contributed by atoms with Gasteiger partial charge in [0.15, 0.2) is 17.4 Å². The number of halogens is 1. The van der Waals surface area contributed by atoms with Gasteiger partial charge in [0.1, 0.15) is 11.4 Å². The van der Waals surface area contributed by atoms with Crippen molar-refractivity contribution in [3.8, 4) is 22.6 Å². The number of carbonyl (C=O) groups excluding carboxylic acids is 2. The number of pyridine rings is 1. The molecule has 2 aliphatic heterocycles. The molecule has 0 atom stereocenters. The van der Waals surface area contributed by atoms with E-state index in [9.17, 15) is 9.59 Å². The first-order chi connectivity index (χ1) is 24.3. The van der Waals surface area contributed by atoms with Crippen LogP contribution in [0.1, 0.15) is 34.6 Å². The maximum absolute atomic E-state index is 16.7. The number of methoxy groups -OCH3 is 2. The van der Waals surface area contributed by atoms with Crippen LogP contribution in [0.25, 0.3) is 27.6 Å². The summed E-state index contributed by atoms with van der Waals surface area (Å²) in [5, 5.41) is 8.32. The van der Waals surface area contributed by atoms with Gasteiger partial charge in [-0.3, -0.25) is 14.3 Å². The van der Waals surface area contributed by atoms with E-state index in [1.807, 2.05) is 55.5 Å². The van der Waals surface area contributed by atoms with Crippen molar-refractivity contribution in [2.24, 2.45) is 0 Å². The molecule has 1 saturated heterocycles. The topological polar surface area (TPSA) is 122 Å². The highest BCUT2D eigenvalue weighted by molar-refractivity contribution is 6.05. The number of H-pyrrole nitrogens is 1. The van der Waals surface area contributed by atoms with Crippen molar-refractivity contribution in [1.29, 1.82) is 0 Å². The van der Waals surface area contributed by atoms with E-state index in [4.69, 9.17) is 9.47 Å². The van der Waals surface area contributed by atoms with E-state index >= 15 is 4.39 Å². The Labute approximate surface area is 289 Å². The van der Waals surface area contributed by atoms with Gasteiger partial charge in [0.25, 0.3) is 5.91 Å². The molecule has 0 radical (unpaired) electrons. The fraction of sp³-hybridized carbons (Fsp3) is 0.324. The molecule has 1 fully saturated rings. The lowest BCUT2D eigenvalue weighted by molar-refractivity contribution is -0.131. The lowest BCUT2D eigenvalue weighted by Crippen LogP contribution is -2.49. The molecule has 0 unspecified atom stereocenters. The number of aromatic nitrogens is 5. The summed E-state index contributed by atoms with van der Waals surface area (Å²) in [4.78, 5) is 40.6. The number of ether oxygens (including phenoxy) is 2.